The molecular formula is C17H18ClN7. The first-order valence-electron chi connectivity index (χ1n) is 8.21. The lowest BCUT2D eigenvalue weighted by Gasteiger charge is -2.14. The maximum atomic E-state index is 5.93. The van der Waals surface area contributed by atoms with Gasteiger partial charge in [0.05, 0.1) is 6.04 Å². The summed E-state index contributed by atoms with van der Waals surface area (Å²) in [6.45, 7) is 2.04. The highest BCUT2D eigenvalue weighted by molar-refractivity contribution is 6.30. The Hall–Kier alpha value is -2.67. The summed E-state index contributed by atoms with van der Waals surface area (Å²) < 4.78 is 0. The standard InChI is InChI=1S/C17H18ClN7/c1-10(11-4-6-13(18)7-5-11)21-16-19-9-20-17(23-16)22-15-8-14(24-25-15)12-2-3-12/h4-10,12H,2-3H2,1H3,(H3,19,20,21,22,23,24,25). The van der Waals surface area contributed by atoms with Crippen LogP contribution in [0.25, 0.3) is 0 Å². The molecule has 1 unspecified atom stereocenters. The number of nitrogens with zero attached hydrogens (tertiary/aromatic N) is 4. The van der Waals surface area contributed by atoms with Gasteiger partial charge in [-0.25, -0.2) is 9.97 Å². The molecule has 1 saturated carbocycles. The zero-order valence-electron chi connectivity index (χ0n) is 13.7. The average molecular weight is 356 g/mol. The van der Waals surface area contributed by atoms with Crippen molar-refractivity contribution in [3.05, 3.63) is 52.9 Å². The van der Waals surface area contributed by atoms with Crippen molar-refractivity contribution in [2.24, 2.45) is 0 Å². The van der Waals surface area contributed by atoms with E-state index >= 15 is 0 Å². The molecule has 0 saturated heterocycles. The van der Waals surface area contributed by atoms with Crippen molar-refractivity contribution in [3.63, 3.8) is 0 Å². The quantitative estimate of drug-likeness (QED) is 0.618. The fourth-order valence-corrected chi connectivity index (χ4v) is 2.70. The van der Waals surface area contributed by atoms with Gasteiger partial charge in [-0.1, -0.05) is 23.7 Å². The van der Waals surface area contributed by atoms with Crippen LogP contribution in [0.1, 0.15) is 43.0 Å². The highest BCUT2D eigenvalue weighted by Gasteiger charge is 2.25. The summed E-state index contributed by atoms with van der Waals surface area (Å²) in [6.07, 6.45) is 3.93. The second-order valence-corrected chi connectivity index (χ2v) is 6.59. The fourth-order valence-electron chi connectivity index (χ4n) is 2.57. The van der Waals surface area contributed by atoms with Crippen molar-refractivity contribution in [1.29, 1.82) is 0 Å². The summed E-state index contributed by atoms with van der Waals surface area (Å²) in [4.78, 5) is 12.7. The molecule has 4 rings (SSSR count). The first-order chi connectivity index (χ1) is 12.2. The van der Waals surface area contributed by atoms with E-state index in [0.29, 0.717) is 28.7 Å². The average Bonchev–Trinajstić information content (AvgIpc) is 3.36. The normalized spacial score (nSPS) is 15.0. The lowest BCUT2D eigenvalue weighted by atomic mass is 10.1. The molecule has 1 aromatic carbocycles. The molecule has 0 bridgehead atoms. The lowest BCUT2D eigenvalue weighted by molar-refractivity contribution is 0.854. The van der Waals surface area contributed by atoms with Crippen LogP contribution in [-0.4, -0.2) is 25.1 Å². The van der Waals surface area contributed by atoms with E-state index in [1.54, 1.807) is 0 Å². The van der Waals surface area contributed by atoms with Crippen LogP contribution in [0.2, 0.25) is 5.02 Å². The van der Waals surface area contributed by atoms with Crippen LogP contribution >= 0.6 is 11.6 Å². The van der Waals surface area contributed by atoms with Gasteiger partial charge in [-0.3, -0.25) is 5.10 Å². The van der Waals surface area contributed by atoms with Crippen LogP contribution in [0.4, 0.5) is 17.7 Å². The number of H-pyrrole nitrogens is 1. The third kappa shape index (κ3) is 3.88. The van der Waals surface area contributed by atoms with Gasteiger partial charge in [0, 0.05) is 22.7 Å². The van der Waals surface area contributed by atoms with Crippen molar-refractivity contribution in [2.75, 3.05) is 10.6 Å². The lowest BCUT2D eigenvalue weighted by Crippen LogP contribution is -2.10. The van der Waals surface area contributed by atoms with Crippen molar-refractivity contribution >= 4 is 29.3 Å². The predicted molar refractivity (Wildman–Crippen MR) is 97.2 cm³/mol. The minimum Gasteiger partial charge on any atom is -0.348 e. The third-order valence-corrected chi connectivity index (χ3v) is 4.39. The molecule has 0 amide bonds. The summed E-state index contributed by atoms with van der Waals surface area (Å²) in [5.41, 5.74) is 2.26. The fraction of sp³-hybridized carbons (Fsp3) is 0.294. The van der Waals surface area contributed by atoms with Crippen LogP contribution in [0.15, 0.2) is 36.7 Å². The third-order valence-electron chi connectivity index (χ3n) is 4.14. The maximum absolute atomic E-state index is 5.93. The van der Waals surface area contributed by atoms with Crippen LogP contribution in [0.5, 0.6) is 0 Å². The molecule has 0 radical (unpaired) electrons. The number of benzene rings is 1. The highest BCUT2D eigenvalue weighted by Crippen LogP contribution is 2.39. The molecule has 1 fully saturated rings. The van der Waals surface area contributed by atoms with Gasteiger partial charge < -0.3 is 10.6 Å². The second kappa shape index (κ2) is 6.68. The Kier molecular flexibility index (Phi) is 4.23. The van der Waals surface area contributed by atoms with E-state index in [2.05, 4.69) is 35.8 Å². The predicted octanol–water partition coefficient (Wildman–Crippen LogP) is 4.04. The molecule has 3 aromatic rings. The molecule has 7 nitrogen and oxygen atoms in total. The van der Waals surface area contributed by atoms with Crippen molar-refractivity contribution in [2.45, 2.75) is 31.7 Å². The summed E-state index contributed by atoms with van der Waals surface area (Å²) in [5.74, 6) is 2.29. The Morgan fingerprint density at radius 2 is 1.92 bits per heavy atom. The van der Waals surface area contributed by atoms with E-state index in [4.69, 9.17) is 11.6 Å². The van der Waals surface area contributed by atoms with Gasteiger partial charge in [-0.2, -0.15) is 10.1 Å². The number of anilines is 3. The summed E-state index contributed by atoms with van der Waals surface area (Å²) in [6, 6.07) is 9.73. The molecule has 1 atom stereocenters. The Balaban J connectivity index is 1.44. The van der Waals surface area contributed by atoms with E-state index in [1.165, 1.54) is 19.2 Å². The number of nitrogens with one attached hydrogen (secondary N) is 3. The van der Waals surface area contributed by atoms with Crippen LogP contribution in [0.3, 0.4) is 0 Å². The molecule has 3 N–H and O–H groups in total. The van der Waals surface area contributed by atoms with Crippen molar-refractivity contribution in [1.82, 2.24) is 25.1 Å². The van der Waals surface area contributed by atoms with Gasteiger partial charge in [0.15, 0.2) is 5.82 Å². The number of rotatable bonds is 6. The molecule has 8 heteroatoms. The van der Waals surface area contributed by atoms with E-state index in [0.717, 1.165) is 11.3 Å². The van der Waals surface area contributed by atoms with Gasteiger partial charge >= 0.3 is 0 Å². The highest BCUT2D eigenvalue weighted by atomic mass is 35.5. The van der Waals surface area contributed by atoms with Crippen LogP contribution < -0.4 is 10.6 Å². The monoisotopic (exact) mass is 355 g/mol. The molecule has 0 aliphatic heterocycles. The minimum absolute atomic E-state index is 0.0411. The van der Waals surface area contributed by atoms with Gasteiger partial charge in [-0.15, -0.1) is 0 Å². The molecule has 25 heavy (non-hydrogen) atoms. The molecule has 0 spiro atoms. The summed E-state index contributed by atoms with van der Waals surface area (Å²) >= 11 is 5.93. The molecule has 1 aliphatic carbocycles. The largest absolute Gasteiger partial charge is 0.348 e. The first-order valence-corrected chi connectivity index (χ1v) is 8.58. The van der Waals surface area contributed by atoms with Crippen LogP contribution in [-0.2, 0) is 0 Å². The number of hydrogen-bond acceptors (Lipinski definition) is 6. The SMILES string of the molecule is CC(Nc1ncnc(Nc2cc(C3CC3)[nH]n2)n1)c1ccc(Cl)cc1. The van der Waals surface area contributed by atoms with E-state index in [9.17, 15) is 0 Å². The number of hydrogen-bond donors (Lipinski definition) is 3. The van der Waals surface area contributed by atoms with Gasteiger partial charge in [-0.05, 0) is 37.5 Å². The molecule has 2 aromatic heterocycles. The number of aromatic amines is 1. The topological polar surface area (TPSA) is 91.4 Å². The first kappa shape index (κ1) is 15.8. The van der Waals surface area contributed by atoms with E-state index < -0.39 is 0 Å². The Labute approximate surface area is 150 Å². The Morgan fingerprint density at radius 3 is 2.68 bits per heavy atom. The minimum atomic E-state index is 0.0411. The zero-order valence-corrected chi connectivity index (χ0v) is 14.5. The Bertz CT molecular complexity index is 857. The van der Waals surface area contributed by atoms with Gasteiger partial charge in [0.1, 0.15) is 6.33 Å². The van der Waals surface area contributed by atoms with Crippen molar-refractivity contribution < 1.29 is 0 Å². The van der Waals surface area contributed by atoms with E-state index in [1.807, 2.05) is 37.3 Å². The zero-order chi connectivity index (χ0) is 17.2. The number of aromatic nitrogens is 5. The summed E-state index contributed by atoms with van der Waals surface area (Å²) in [7, 11) is 0. The number of halogens is 1. The Morgan fingerprint density at radius 1 is 1.16 bits per heavy atom. The van der Waals surface area contributed by atoms with Crippen molar-refractivity contribution in [3.8, 4) is 0 Å². The second-order valence-electron chi connectivity index (χ2n) is 6.16. The van der Waals surface area contributed by atoms with Gasteiger partial charge in [0.2, 0.25) is 11.9 Å². The summed E-state index contributed by atoms with van der Waals surface area (Å²) in [5, 5.41) is 14.4. The van der Waals surface area contributed by atoms with Gasteiger partial charge in [0.25, 0.3) is 0 Å². The smallest absolute Gasteiger partial charge is 0.233 e. The van der Waals surface area contributed by atoms with Crippen LogP contribution in [0, 0.1) is 0 Å². The molecule has 1 aliphatic rings. The maximum Gasteiger partial charge on any atom is 0.233 e. The van der Waals surface area contributed by atoms with E-state index in [-0.39, 0.29) is 6.04 Å². The molecule has 128 valence electrons. The molecule has 2 heterocycles. The molecular weight excluding hydrogens is 338 g/mol.